The van der Waals surface area contributed by atoms with E-state index in [9.17, 15) is 0 Å². The van der Waals surface area contributed by atoms with Gasteiger partial charge in [-0.15, -0.1) is 0 Å². The van der Waals surface area contributed by atoms with E-state index in [1.807, 2.05) is 0 Å². The lowest BCUT2D eigenvalue weighted by Crippen LogP contribution is -2.27. The molecule has 3 heteroatoms. The Kier molecular flexibility index (Phi) is 8.51. The monoisotopic (exact) mass is 278 g/mol. The zero-order valence-electron chi connectivity index (χ0n) is 13.3. The molecule has 0 bridgehead atoms. The molecule has 0 saturated carbocycles. The minimum Gasteiger partial charge on any atom is -0.380 e. The molecule has 0 aliphatic rings. The van der Waals surface area contributed by atoms with Crippen molar-refractivity contribution in [2.75, 3.05) is 26.3 Å². The van der Waals surface area contributed by atoms with Crippen molar-refractivity contribution in [2.24, 2.45) is 11.7 Å². The maximum absolute atomic E-state index is 5.79. The number of benzene rings is 1. The Hall–Kier alpha value is -0.900. The molecule has 0 fully saturated rings. The highest BCUT2D eigenvalue weighted by Crippen LogP contribution is 2.11. The van der Waals surface area contributed by atoms with Crippen LogP contribution in [0.2, 0.25) is 0 Å². The fraction of sp³-hybridized carbons (Fsp3) is 0.647. The highest BCUT2D eigenvalue weighted by Gasteiger charge is 2.06. The Morgan fingerprint density at radius 2 is 1.85 bits per heavy atom. The van der Waals surface area contributed by atoms with Crippen molar-refractivity contribution < 1.29 is 4.74 Å². The normalized spacial score (nSPS) is 11.5. The van der Waals surface area contributed by atoms with Gasteiger partial charge in [-0.25, -0.2) is 0 Å². The number of likely N-dealkylation sites (N-methyl/N-ethyl adjacent to an activating group) is 1. The van der Waals surface area contributed by atoms with E-state index in [2.05, 4.69) is 49.9 Å². The molecular formula is C17H30N2O. The van der Waals surface area contributed by atoms with Crippen molar-refractivity contribution in [3.8, 4) is 0 Å². The molecule has 0 amide bonds. The van der Waals surface area contributed by atoms with Crippen LogP contribution in [0.25, 0.3) is 0 Å². The summed E-state index contributed by atoms with van der Waals surface area (Å²) in [6.45, 7) is 11.9. The average Bonchev–Trinajstić information content (AvgIpc) is 2.45. The standard InChI is InChI=1S/C17H30N2O/c1-4-19(10-12-20-11-9-15(2)3)14-17-8-6-5-7-16(17)13-18/h5-8,15H,4,9-14,18H2,1-3H3. The van der Waals surface area contributed by atoms with Crippen molar-refractivity contribution in [3.63, 3.8) is 0 Å². The number of hydrogen-bond donors (Lipinski definition) is 1. The molecule has 20 heavy (non-hydrogen) atoms. The zero-order valence-corrected chi connectivity index (χ0v) is 13.3. The molecule has 0 unspecified atom stereocenters. The van der Waals surface area contributed by atoms with Gasteiger partial charge in [0.05, 0.1) is 6.61 Å². The van der Waals surface area contributed by atoms with E-state index >= 15 is 0 Å². The number of nitrogens with two attached hydrogens (primary N) is 1. The summed E-state index contributed by atoms with van der Waals surface area (Å²) in [5.41, 5.74) is 8.37. The van der Waals surface area contributed by atoms with Gasteiger partial charge in [0.1, 0.15) is 0 Å². The molecule has 0 radical (unpaired) electrons. The van der Waals surface area contributed by atoms with E-state index in [1.165, 1.54) is 11.1 Å². The lowest BCUT2D eigenvalue weighted by atomic mass is 10.1. The molecule has 0 aliphatic carbocycles. The van der Waals surface area contributed by atoms with Crippen molar-refractivity contribution in [1.29, 1.82) is 0 Å². The second-order valence-corrected chi connectivity index (χ2v) is 5.64. The first-order valence-electron chi connectivity index (χ1n) is 7.74. The fourth-order valence-corrected chi connectivity index (χ4v) is 2.12. The first-order valence-corrected chi connectivity index (χ1v) is 7.74. The minimum absolute atomic E-state index is 0.610. The highest BCUT2D eigenvalue weighted by atomic mass is 16.5. The Morgan fingerprint density at radius 3 is 2.45 bits per heavy atom. The molecule has 0 atom stereocenters. The third kappa shape index (κ3) is 6.51. The SMILES string of the molecule is CCN(CCOCCC(C)C)Cc1ccccc1CN. The van der Waals surface area contributed by atoms with Crippen LogP contribution in [-0.4, -0.2) is 31.2 Å². The van der Waals surface area contributed by atoms with Gasteiger partial charge in [-0.1, -0.05) is 45.0 Å². The van der Waals surface area contributed by atoms with Gasteiger partial charge in [0.25, 0.3) is 0 Å². The summed E-state index contributed by atoms with van der Waals surface area (Å²) < 4.78 is 5.70. The smallest absolute Gasteiger partial charge is 0.0593 e. The van der Waals surface area contributed by atoms with Crippen molar-refractivity contribution in [3.05, 3.63) is 35.4 Å². The van der Waals surface area contributed by atoms with Crippen LogP contribution in [0.1, 0.15) is 38.3 Å². The number of rotatable bonds is 10. The number of hydrogen-bond acceptors (Lipinski definition) is 3. The number of nitrogens with zero attached hydrogens (tertiary/aromatic N) is 1. The van der Waals surface area contributed by atoms with Crippen LogP contribution in [-0.2, 0) is 17.8 Å². The van der Waals surface area contributed by atoms with Crippen molar-refractivity contribution in [1.82, 2.24) is 4.90 Å². The Balaban J connectivity index is 2.35. The second-order valence-electron chi connectivity index (χ2n) is 5.64. The Labute approximate surface area is 124 Å². The van der Waals surface area contributed by atoms with Crippen LogP contribution in [0, 0.1) is 5.92 Å². The summed E-state index contributed by atoms with van der Waals surface area (Å²) in [4.78, 5) is 2.41. The van der Waals surface area contributed by atoms with E-state index in [-0.39, 0.29) is 0 Å². The molecule has 0 aromatic heterocycles. The van der Waals surface area contributed by atoms with Gasteiger partial charge < -0.3 is 10.5 Å². The van der Waals surface area contributed by atoms with Gasteiger partial charge in [-0.05, 0) is 30.0 Å². The third-order valence-corrected chi connectivity index (χ3v) is 3.57. The van der Waals surface area contributed by atoms with Gasteiger partial charge in [-0.3, -0.25) is 4.90 Å². The first-order chi connectivity index (χ1) is 9.67. The average molecular weight is 278 g/mol. The first kappa shape index (κ1) is 17.2. The highest BCUT2D eigenvalue weighted by molar-refractivity contribution is 5.26. The lowest BCUT2D eigenvalue weighted by Gasteiger charge is -2.22. The van der Waals surface area contributed by atoms with Crippen LogP contribution in [0.3, 0.4) is 0 Å². The van der Waals surface area contributed by atoms with Crippen LogP contribution in [0.4, 0.5) is 0 Å². The summed E-state index contributed by atoms with van der Waals surface area (Å²) in [6, 6.07) is 8.42. The molecule has 1 aromatic carbocycles. The van der Waals surface area contributed by atoms with Gasteiger partial charge in [0, 0.05) is 26.2 Å². The third-order valence-electron chi connectivity index (χ3n) is 3.57. The van der Waals surface area contributed by atoms with Gasteiger partial charge in [0.15, 0.2) is 0 Å². The van der Waals surface area contributed by atoms with Gasteiger partial charge in [0.2, 0.25) is 0 Å². The van der Waals surface area contributed by atoms with Gasteiger partial charge in [-0.2, -0.15) is 0 Å². The molecule has 3 nitrogen and oxygen atoms in total. The van der Waals surface area contributed by atoms with Crippen molar-refractivity contribution in [2.45, 2.75) is 40.3 Å². The molecule has 1 rings (SSSR count). The molecule has 0 saturated heterocycles. The van der Waals surface area contributed by atoms with E-state index < -0.39 is 0 Å². The van der Waals surface area contributed by atoms with Crippen LogP contribution < -0.4 is 5.73 Å². The van der Waals surface area contributed by atoms with E-state index in [4.69, 9.17) is 10.5 Å². The molecule has 0 spiro atoms. The predicted octanol–water partition coefficient (Wildman–Crippen LogP) is 3.03. The topological polar surface area (TPSA) is 38.5 Å². The predicted molar refractivity (Wildman–Crippen MR) is 85.6 cm³/mol. The Morgan fingerprint density at radius 1 is 1.15 bits per heavy atom. The Bertz CT molecular complexity index is 366. The second kappa shape index (κ2) is 9.92. The molecular weight excluding hydrogens is 248 g/mol. The molecule has 0 heterocycles. The molecule has 114 valence electrons. The fourth-order valence-electron chi connectivity index (χ4n) is 2.12. The molecule has 2 N–H and O–H groups in total. The zero-order chi connectivity index (χ0) is 14.8. The summed E-state index contributed by atoms with van der Waals surface area (Å²) >= 11 is 0. The van der Waals surface area contributed by atoms with E-state index in [1.54, 1.807) is 0 Å². The van der Waals surface area contributed by atoms with E-state index in [0.29, 0.717) is 12.5 Å². The lowest BCUT2D eigenvalue weighted by molar-refractivity contribution is 0.0954. The van der Waals surface area contributed by atoms with Crippen LogP contribution in [0.15, 0.2) is 24.3 Å². The maximum Gasteiger partial charge on any atom is 0.0593 e. The molecule has 1 aromatic rings. The summed E-state index contributed by atoms with van der Waals surface area (Å²) in [7, 11) is 0. The summed E-state index contributed by atoms with van der Waals surface area (Å²) in [5.74, 6) is 0.716. The molecule has 0 aliphatic heterocycles. The van der Waals surface area contributed by atoms with Crippen LogP contribution in [0.5, 0.6) is 0 Å². The largest absolute Gasteiger partial charge is 0.380 e. The maximum atomic E-state index is 5.79. The number of ether oxygens (including phenoxy) is 1. The van der Waals surface area contributed by atoms with Crippen LogP contribution >= 0.6 is 0 Å². The minimum atomic E-state index is 0.610. The van der Waals surface area contributed by atoms with Crippen molar-refractivity contribution >= 4 is 0 Å². The van der Waals surface area contributed by atoms with E-state index in [0.717, 1.165) is 39.3 Å². The summed E-state index contributed by atoms with van der Waals surface area (Å²) in [5, 5.41) is 0. The quantitative estimate of drug-likeness (QED) is 0.669. The summed E-state index contributed by atoms with van der Waals surface area (Å²) in [6.07, 6.45) is 1.14. The van der Waals surface area contributed by atoms with Gasteiger partial charge >= 0.3 is 0 Å².